The van der Waals surface area contributed by atoms with Gasteiger partial charge in [-0.1, -0.05) is 114 Å². The summed E-state index contributed by atoms with van der Waals surface area (Å²) in [6.45, 7) is 2.27. The first-order valence-corrected chi connectivity index (χ1v) is 11.7. The summed E-state index contributed by atoms with van der Waals surface area (Å²) in [5.41, 5.74) is 1.72. The molecule has 0 unspecified atom stereocenters. The molecule has 158 valence electrons. The third-order valence-electron chi connectivity index (χ3n) is 5.48. The van der Waals surface area contributed by atoms with Gasteiger partial charge in [0.05, 0.1) is 5.56 Å². The molecule has 2 nitrogen and oxygen atoms in total. The second-order valence-corrected chi connectivity index (χ2v) is 8.00. The fourth-order valence-electron chi connectivity index (χ4n) is 3.70. The minimum atomic E-state index is -0.284. The smallest absolute Gasteiger partial charge is 0.343 e. The molecule has 0 radical (unpaired) electrons. The number of unbranched alkanes of at least 4 members (excludes halogenated alkanes) is 11. The summed E-state index contributed by atoms with van der Waals surface area (Å²) in [6.07, 6.45) is 17.2. The van der Waals surface area contributed by atoms with Gasteiger partial charge in [-0.3, -0.25) is 0 Å². The second-order valence-electron chi connectivity index (χ2n) is 8.00. The molecule has 0 atom stereocenters. The quantitative estimate of drug-likeness (QED) is 0.173. The van der Waals surface area contributed by atoms with Crippen LogP contribution in [0, 0.1) is 0 Å². The number of benzene rings is 2. The second kappa shape index (κ2) is 14.8. The lowest BCUT2D eigenvalue weighted by atomic mass is 10.0. The van der Waals surface area contributed by atoms with Gasteiger partial charge in [-0.2, -0.15) is 0 Å². The maximum atomic E-state index is 12.3. The molecule has 0 fully saturated rings. The van der Waals surface area contributed by atoms with Crippen molar-refractivity contribution in [3.05, 3.63) is 65.7 Å². The van der Waals surface area contributed by atoms with Crippen molar-refractivity contribution in [2.24, 2.45) is 0 Å². The Kier molecular flexibility index (Phi) is 11.9. The van der Waals surface area contributed by atoms with Crippen molar-refractivity contribution >= 4 is 5.97 Å². The van der Waals surface area contributed by atoms with Crippen molar-refractivity contribution in [3.63, 3.8) is 0 Å². The molecular weight excluding hydrogens is 356 g/mol. The molecule has 2 aromatic rings. The van der Waals surface area contributed by atoms with Crippen LogP contribution in [0.1, 0.15) is 99.9 Å². The lowest BCUT2D eigenvalue weighted by molar-refractivity contribution is 0.0733. The summed E-state index contributed by atoms with van der Waals surface area (Å²) in [5.74, 6) is 0.414. The van der Waals surface area contributed by atoms with Crippen LogP contribution in [0.15, 0.2) is 54.6 Å². The van der Waals surface area contributed by atoms with Gasteiger partial charge in [0.25, 0.3) is 0 Å². The van der Waals surface area contributed by atoms with E-state index in [9.17, 15) is 4.79 Å². The summed E-state index contributed by atoms with van der Waals surface area (Å²) in [7, 11) is 0. The number of esters is 1. The van der Waals surface area contributed by atoms with Crippen molar-refractivity contribution < 1.29 is 9.53 Å². The zero-order valence-electron chi connectivity index (χ0n) is 18.2. The lowest BCUT2D eigenvalue weighted by Gasteiger charge is -2.10. The van der Waals surface area contributed by atoms with Gasteiger partial charge in [0.2, 0.25) is 0 Å². The van der Waals surface area contributed by atoms with E-state index in [1.165, 1.54) is 70.6 Å². The molecule has 0 spiro atoms. The number of carbonyl (C=O) groups excluding carboxylic acids is 1. The lowest BCUT2D eigenvalue weighted by Crippen LogP contribution is -2.09. The summed E-state index contributed by atoms with van der Waals surface area (Å²) in [4.78, 5) is 12.3. The Bertz CT molecular complexity index is 678. The molecule has 0 bridgehead atoms. The van der Waals surface area contributed by atoms with E-state index in [4.69, 9.17) is 4.74 Å². The zero-order chi connectivity index (χ0) is 20.6. The van der Waals surface area contributed by atoms with Crippen LogP contribution in [0.5, 0.6) is 5.75 Å². The Morgan fingerprint density at radius 2 is 1.17 bits per heavy atom. The van der Waals surface area contributed by atoms with Crippen molar-refractivity contribution in [2.45, 2.75) is 90.4 Å². The molecule has 0 aromatic heterocycles. The maximum Gasteiger partial charge on any atom is 0.343 e. The molecule has 0 saturated heterocycles. The van der Waals surface area contributed by atoms with Gasteiger partial charge < -0.3 is 4.74 Å². The summed E-state index contributed by atoms with van der Waals surface area (Å²) < 4.78 is 5.65. The average Bonchev–Trinajstić information content (AvgIpc) is 2.76. The van der Waals surface area contributed by atoms with Crippen LogP contribution in [-0.4, -0.2) is 5.97 Å². The van der Waals surface area contributed by atoms with Gasteiger partial charge in [0.15, 0.2) is 0 Å². The van der Waals surface area contributed by atoms with Crippen LogP contribution < -0.4 is 4.74 Å². The maximum absolute atomic E-state index is 12.3. The molecule has 2 aromatic carbocycles. The van der Waals surface area contributed by atoms with E-state index in [2.05, 4.69) is 13.0 Å². The minimum absolute atomic E-state index is 0.284. The minimum Gasteiger partial charge on any atom is -0.423 e. The summed E-state index contributed by atoms with van der Waals surface area (Å²) in [6, 6.07) is 17.1. The molecule has 2 rings (SSSR count). The highest BCUT2D eigenvalue weighted by atomic mass is 16.5. The average molecular weight is 395 g/mol. The van der Waals surface area contributed by atoms with Crippen LogP contribution in [0.2, 0.25) is 0 Å². The first-order chi connectivity index (χ1) is 14.3. The molecule has 0 aliphatic carbocycles. The third-order valence-corrected chi connectivity index (χ3v) is 5.48. The van der Waals surface area contributed by atoms with Gasteiger partial charge in [0.1, 0.15) is 5.75 Å². The standard InChI is InChI=1S/C27H38O2/c1-2-3-4-5-6-7-8-9-10-11-12-14-19-24-20-17-18-23-26(24)29-27(28)25-21-15-13-16-22-25/h13,15-18,20-23H,2-12,14,19H2,1H3. The van der Waals surface area contributed by atoms with Crippen molar-refractivity contribution in [1.82, 2.24) is 0 Å². The Morgan fingerprint density at radius 1 is 0.655 bits per heavy atom. The number of rotatable bonds is 15. The first kappa shape index (κ1) is 23.2. The van der Waals surface area contributed by atoms with Gasteiger partial charge in [-0.15, -0.1) is 0 Å². The number of ether oxygens (including phenoxy) is 1. The SMILES string of the molecule is CCCCCCCCCCCCCCc1ccccc1OC(=O)c1ccccc1. The zero-order valence-corrected chi connectivity index (χ0v) is 18.2. The Hall–Kier alpha value is -2.09. The van der Waals surface area contributed by atoms with Gasteiger partial charge in [-0.25, -0.2) is 4.79 Å². The van der Waals surface area contributed by atoms with Crippen LogP contribution >= 0.6 is 0 Å². The van der Waals surface area contributed by atoms with Crippen LogP contribution in [-0.2, 0) is 6.42 Å². The van der Waals surface area contributed by atoms with E-state index in [0.717, 1.165) is 18.4 Å². The number of hydrogen-bond donors (Lipinski definition) is 0. The molecule has 29 heavy (non-hydrogen) atoms. The number of carbonyl (C=O) groups is 1. The van der Waals surface area contributed by atoms with E-state index in [0.29, 0.717) is 11.3 Å². The first-order valence-electron chi connectivity index (χ1n) is 11.7. The Labute approximate surface area is 177 Å². The number of hydrogen-bond acceptors (Lipinski definition) is 2. The van der Waals surface area contributed by atoms with Crippen LogP contribution in [0.3, 0.4) is 0 Å². The predicted molar refractivity (Wildman–Crippen MR) is 123 cm³/mol. The largest absolute Gasteiger partial charge is 0.423 e. The predicted octanol–water partition coefficient (Wildman–Crippen LogP) is 8.15. The Balaban J connectivity index is 1.59. The third kappa shape index (κ3) is 9.78. The van der Waals surface area contributed by atoms with E-state index in [-0.39, 0.29) is 5.97 Å². The molecular formula is C27H38O2. The fourth-order valence-corrected chi connectivity index (χ4v) is 3.70. The highest BCUT2D eigenvalue weighted by molar-refractivity contribution is 5.91. The number of para-hydroxylation sites is 1. The summed E-state index contributed by atoms with van der Waals surface area (Å²) in [5, 5.41) is 0. The van der Waals surface area contributed by atoms with Crippen LogP contribution in [0.4, 0.5) is 0 Å². The highest BCUT2D eigenvalue weighted by Gasteiger charge is 2.10. The van der Waals surface area contributed by atoms with Gasteiger partial charge >= 0.3 is 5.97 Å². The molecule has 0 saturated carbocycles. The van der Waals surface area contributed by atoms with E-state index in [1.54, 1.807) is 12.1 Å². The normalized spacial score (nSPS) is 10.8. The Morgan fingerprint density at radius 3 is 1.79 bits per heavy atom. The van der Waals surface area contributed by atoms with Crippen molar-refractivity contribution in [1.29, 1.82) is 0 Å². The molecule has 0 aliphatic rings. The molecule has 0 amide bonds. The van der Waals surface area contributed by atoms with Crippen LogP contribution in [0.25, 0.3) is 0 Å². The number of aryl methyl sites for hydroxylation is 1. The molecule has 0 N–H and O–H groups in total. The molecule has 0 aliphatic heterocycles. The van der Waals surface area contributed by atoms with Crippen molar-refractivity contribution in [3.8, 4) is 5.75 Å². The van der Waals surface area contributed by atoms with E-state index >= 15 is 0 Å². The van der Waals surface area contributed by atoms with Gasteiger partial charge in [0, 0.05) is 0 Å². The molecule has 2 heteroatoms. The van der Waals surface area contributed by atoms with Crippen molar-refractivity contribution in [2.75, 3.05) is 0 Å². The molecule has 0 heterocycles. The fraction of sp³-hybridized carbons (Fsp3) is 0.519. The summed E-state index contributed by atoms with van der Waals surface area (Å²) >= 11 is 0. The topological polar surface area (TPSA) is 26.3 Å². The highest BCUT2D eigenvalue weighted by Crippen LogP contribution is 2.22. The van der Waals surface area contributed by atoms with E-state index in [1.807, 2.05) is 36.4 Å². The van der Waals surface area contributed by atoms with Gasteiger partial charge in [-0.05, 0) is 36.6 Å². The monoisotopic (exact) mass is 394 g/mol. The van der Waals surface area contributed by atoms with E-state index < -0.39 is 0 Å².